The Labute approximate surface area is 177 Å². The van der Waals surface area contributed by atoms with Gasteiger partial charge in [0.2, 0.25) is 0 Å². The molecule has 3 aromatic heterocycles. The number of nitrogens with one attached hydrogen (secondary N) is 1. The molecule has 1 unspecified atom stereocenters. The van der Waals surface area contributed by atoms with E-state index < -0.39 is 11.6 Å². The van der Waals surface area contributed by atoms with Crippen LogP contribution in [0.15, 0.2) is 30.6 Å². The van der Waals surface area contributed by atoms with Crippen molar-refractivity contribution in [3.8, 4) is 17.0 Å². The van der Waals surface area contributed by atoms with Gasteiger partial charge in [-0.15, -0.1) is 0 Å². The van der Waals surface area contributed by atoms with Gasteiger partial charge in [-0.1, -0.05) is 11.6 Å². The summed E-state index contributed by atoms with van der Waals surface area (Å²) in [5.74, 6) is -1.28. The van der Waals surface area contributed by atoms with Crippen molar-refractivity contribution in [2.24, 2.45) is 7.05 Å². The van der Waals surface area contributed by atoms with Crippen molar-refractivity contribution in [2.45, 2.75) is 13.0 Å². The average Bonchev–Trinajstić information content (AvgIpc) is 3.11. The first kappa shape index (κ1) is 19.0. The van der Waals surface area contributed by atoms with E-state index in [0.717, 1.165) is 25.3 Å². The highest BCUT2D eigenvalue weighted by Gasteiger charge is 2.20. The second-order valence-electron chi connectivity index (χ2n) is 7.68. The minimum Gasteiger partial charge on any atom is -0.504 e. The molecule has 2 N–H and O–H groups in total. The summed E-state index contributed by atoms with van der Waals surface area (Å²) in [6, 6.07) is 5.66. The third-order valence-corrected chi connectivity index (χ3v) is 5.75. The van der Waals surface area contributed by atoms with Crippen LogP contribution in [0.5, 0.6) is 5.75 Å². The van der Waals surface area contributed by atoms with E-state index in [1.807, 2.05) is 6.07 Å². The van der Waals surface area contributed by atoms with Crippen LogP contribution in [0.2, 0.25) is 5.02 Å². The number of aromatic hydroxyl groups is 1. The normalized spacial score (nSPS) is 17.2. The maximum Gasteiger partial charge on any atom is 0.193 e. The van der Waals surface area contributed by atoms with E-state index in [1.165, 1.54) is 4.68 Å². The second-order valence-corrected chi connectivity index (χ2v) is 8.09. The molecule has 154 valence electrons. The van der Waals surface area contributed by atoms with E-state index in [4.69, 9.17) is 11.6 Å². The summed E-state index contributed by atoms with van der Waals surface area (Å²) in [7, 11) is 1.70. The number of phenols is 1. The van der Waals surface area contributed by atoms with Crippen molar-refractivity contribution in [3.05, 3.63) is 41.4 Å². The number of hydrogen-bond acceptors (Lipinski definition) is 6. The summed E-state index contributed by atoms with van der Waals surface area (Å²) in [4.78, 5) is 11.3. The molecule has 0 amide bonds. The Morgan fingerprint density at radius 2 is 2.13 bits per heavy atom. The number of nitrogens with zero attached hydrogens (tertiary/aromatic N) is 5. The van der Waals surface area contributed by atoms with Crippen LogP contribution in [0.4, 0.5) is 10.1 Å². The summed E-state index contributed by atoms with van der Waals surface area (Å²) >= 11 is 6.56. The number of pyridine rings is 2. The van der Waals surface area contributed by atoms with Crippen molar-refractivity contribution in [3.63, 3.8) is 0 Å². The Bertz CT molecular complexity index is 1290. The summed E-state index contributed by atoms with van der Waals surface area (Å²) in [5.41, 5.74) is 2.14. The minimum absolute atomic E-state index is 0.110. The van der Waals surface area contributed by atoms with Crippen LogP contribution in [0.1, 0.15) is 6.92 Å². The summed E-state index contributed by atoms with van der Waals surface area (Å²) in [6.07, 6.45) is 3.46. The number of fused-ring (bicyclic) bond motifs is 2. The fourth-order valence-corrected chi connectivity index (χ4v) is 4.21. The lowest BCUT2D eigenvalue weighted by molar-refractivity contribution is 0.437. The monoisotopic (exact) mass is 426 g/mol. The zero-order chi connectivity index (χ0) is 21.0. The molecular formula is C21H20ClFN6O. The van der Waals surface area contributed by atoms with Gasteiger partial charge in [0.1, 0.15) is 5.52 Å². The van der Waals surface area contributed by atoms with Gasteiger partial charge in [0.05, 0.1) is 22.6 Å². The second kappa shape index (κ2) is 7.07. The van der Waals surface area contributed by atoms with Gasteiger partial charge in [0.25, 0.3) is 0 Å². The number of halogens is 2. The smallest absolute Gasteiger partial charge is 0.193 e. The molecule has 4 heterocycles. The molecule has 5 rings (SSSR count). The van der Waals surface area contributed by atoms with E-state index in [2.05, 4.69) is 32.2 Å². The van der Waals surface area contributed by atoms with Gasteiger partial charge in [-0.3, -0.25) is 4.68 Å². The lowest BCUT2D eigenvalue weighted by Crippen LogP contribution is -2.49. The molecule has 0 radical (unpaired) electrons. The summed E-state index contributed by atoms with van der Waals surface area (Å²) in [6.45, 7) is 4.82. The molecule has 9 heteroatoms. The first-order valence-corrected chi connectivity index (χ1v) is 10.1. The Hall–Kier alpha value is -2.97. The Kier molecular flexibility index (Phi) is 4.48. The average molecular weight is 427 g/mol. The molecule has 0 aliphatic carbocycles. The van der Waals surface area contributed by atoms with Crippen LogP contribution < -0.4 is 10.2 Å². The standard InChI is InChI=1S/C21H20ClFN6O/c1-11-9-29(4-3-24-11)13-6-14-16(22)7-17(26-21(14)25-8-13)15-5-12-10-28(2)27-19(12)18(23)20(15)30/h5-8,10-11,24,30H,3-4,9H2,1-2H3. The zero-order valence-electron chi connectivity index (χ0n) is 16.5. The molecule has 1 aliphatic rings. The van der Waals surface area contributed by atoms with Crippen molar-refractivity contribution in [2.75, 3.05) is 24.5 Å². The maximum absolute atomic E-state index is 14.6. The number of rotatable bonds is 2. The van der Waals surface area contributed by atoms with Crippen LogP contribution in [0, 0.1) is 5.82 Å². The highest BCUT2D eigenvalue weighted by molar-refractivity contribution is 6.35. The Balaban J connectivity index is 1.61. The lowest BCUT2D eigenvalue weighted by atomic mass is 10.1. The molecule has 4 aromatic rings. The fourth-order valence-electron chi connectivity index (χ4n) is 3.97. The number of piperazine rings is 1. The zero-order valence-corrected chi connectivity index (χ0v) is 17.3. The Morgan fingerprint density at radius 3 is 2.93 bits per heavy atom. The van der Waals surface area contributed by atoms with Gasteiger partial charge < -0.3 is 15.3 Å². The molecule has 0 saturated carbocycles. The molecule has 30 heavy (non-hydrogen) atoms. The topological polar surface area (TPSA) is 79.1 Å². The third kappa shape index (κ3) is 3.12. The maximum atomic E-state index is 14.6. The highest BCUT2D eigenvalue weighted by atomic mass is 35.5. The van der Waals surface area contributed by atoms with Gasteiger partial charge in [0.15, 0.2) is 17.2 Å². The number of aromatic nitrogens is 4. The van der Waals surface area contributed by atoms with Gasteiger partial charge >= 0.3 is 0 Å². The van der Waals surface area contributed by atoms with Gasteiger partial charge in [0, 0.05) is 55.3 Å². The highest BCUT2D eigenvalue weighted by Crippen LogP contribution is 2.37. The van der Waals surface area contributed by atoms with E-state index >= 15 is 0 Å². The first-order chi connectivity index (χ1) is 14.4. The molecule has 7 nitrogen and oxygen atoms in total. The molecule has 1 aromatic carbocycles. The molecular weight excluding hydrogens is 407 g/mol. The van der Waals surface area contributed by atoms with E-state index in [-0.39, 0.29) is 11.1 Å². The van der Waals surface area contributed by atoms with Crippen molar-refractivity contribution >= 4 is 39.2 Å². The Morgan fingerprint density at radius 1 is 1.30 bits per heavy atom. The van der Waals surface area contributed by atoms with Crippen LogP contribution in [-0.4, -0.2) is 50.5 Å². The number of benzene rings is 1. The van der Waals surface area contributed by atoms with Crippen molar-refractivity contribution < 1.29 is 9.50 Å². The van der Waals surface area contributed by atoms with Crippen LogP contribution >= 0.6 is 11.6 Å². The van der Waals surface area contributed by atoms with Crippen molar-refractivity contribution in [1.29, 1.82) is 0 Å². The molecule has 0 spiro atoms. The largest absolute Gasteiger partial charge is 0.504 e. The molecule has 1 atom stereocenters. The molecule has 1 aliphatic heterocycles. The third-order valence-electron chi connectivity index (χ3n) is 5.44. The van der Waals surface area contributed by atoms with Crippen molar-refractivity contribution in [1.82, 2.24) is 25.1 Å². The molecule has 0 bridgehead atoms. The number of phenolic OH excluding ortho intramolecular Hbond substituents is 1. The van der Waals surface area contributed by atoms with Crippen LogP contribution in [-0.2, 0) is 7.05 Å². The first-order valence-electron chi connectivity index (χ1n) is 9.70. The summed E-state index contributed by atoms with van der Waals surface area (Å²) in [5, 5.41) is 19.6. The van der Waals surface area contributed by atoms with Crippen LogP contribution in [0.25, 0.3) is 33.2 Å². The molecule has 1 fully saturated rings. The van der Waals surface area contributed by atoms with Crippen LogP contribution in [0.3, 0.4) is 0 Å². The van der Waals surface area contributed by atoms with E-state index in [9.17, 15) is 9.50 Å². The number of hydrogen-bond donors (Lipinski definition) is 2. The van der Waals surface area contributed by atoms with E-state index in [0.29, 0.717) is 33.2 Å². The summed E-state index contributed by atoms with van der Waals surface area (Å²) < 4.78 is 16.1. The van der Waals surface area contributed by atoms with Gasteiger partial charge in [-0.25, -0.2) is 14.4 Å². The fraction of sp³-hybridized carbons (Fsp3) is 0.286. The number of anilines is 1. The predicted octanol–water partition coefficient (Wildman–Crippen LogP) is 3.48. The van der Waals surface area contributed by atoms with Gasteiger partial charge in [-0.05, 0) is 25.1 Å². The quantitative estimate of drug-likeness (QED) is 0.511. The predicted molar refractivity (Wildman–Crippen MR) is 116 cm³/mol. The number of aryl methyl sites for hydroxylation is 1. The minimum atomic E-state index is -0.780. The SMILES string of the molecule is CC1CN(c2cnc3nc(-c4cc5cn(C)nc5c(F)c4O)cc(Cl)c3c2)CCN1. The lowest BCUT2D eigenvalue weighted by Gasteiger charge is -2.33. The molecule has 1 saturated heterocycles. The van der Waals surface area contributed by atoms with Gasteiger partial charge in [-0.2, -0.15) is 5.10 Å². The van der Waals surface area contributed by atoms with E-state index in [1.54, 1.807) is 31.6 Å².